The Morgan fingerprint density at radius 1 is 0.329 bits per heavy atom. The number of carbonyl (C=O) groups excluding carboxylic acids is 2. The predicted octanol–water partition coefficient (Wildman–Crippen LogP) is 15.6. The second-order valence-electron chi connectivity index (χ2n) is 20.6. The van der Waals surface area contributed by atoms with E-state index in [4.69, 9.17) is 28.4 Å². The fourth-order valence-corrected chi connectivity index (χ4v) is 11.5. The van der Waals surface area contributed by atoms with Gasteiger partial charge in [-0.25, -0.2) is 0 Å². The Balaban J connectivity index is 0.593. The van der Waals surface area contributed by atoms with E-state index >= 15 is 0 Å². The van der Waals surface area contributed by atoms with E-state index in [9.17, 15) is 9.59 Å². The number of amides is 2. The summed E-state index contributed by atoms with van der Waals surface area (Å²) in [5.41, 5.74) is 9.96. The molecule has 0 radical (unpaired) electrons. The number of benzene rings is 12. The van der Waals surface area contributed by atoms with Gasteiger partial charge in [-0.15, -0.1) is 0 Å². The van der Waals surface area contributed by atoms with Crippen LogP contribution in [0.2, 0.25) is 0 Å². The summed E-state index contributed by atoms with van der Waals surface area (Å²) in [7, 11) is 0. The highest BCUT2D eigenvalue weighted by molar-refractivity contribution is 6.26. The van der Waals surface area contributed by atoms with E-state index in [0.29, 0.717) is 11.4 Å². The molecule has 1 saturated heterocycles. The molecule has 0 saturated carbocycles. The Hall–Kier alpha value is -9.42. The second kappa shape index (κ2) is 23.0. The lowest BCUT2D eigenvalue weighted by molar-refractivity contribution is -0.131. The van der Waals surface area contributed by atoms with Crippen LogP contribution in [0.3, 0.4) is 0 Å². The van der Waals surface area contributed by atoms with Gasteiger partial charge < -0.3 is 39.1 Å². The van der Waals surface area contributed by atoms with E-state index in [1.807, 2.05) is 48.5 Å². The average Bonchev–Trinajstić information content (AvgIpc) is 1.91. The van der Waals surface area contributed by atoms with Crippen LogP contribution < -0.4 is 10.6 Å². The normalized spacial score (nSPS) is 16.3. The Labute approximate surface area is 474 Å². The SMILES string of the molecule is C=C1OCCOCCO[C@H](C(=O)Nc2ccc(-c3ccc(-c4ccc5ccc6cccc7ccc4c5c67)cc3)cc2)C(=C)OCCOCCO[C@@H]1C(=O)Nc1ccc(-c2ccc(-c3ccc4ccc5cccc6ccc3c4c56)cc2)cc1. The highest BCUT2D eigenvalue weighted by Crippen LogP contribution is 2.42. The van der Waals surface area contributed by atoms with Gasteiger partial charge in [0.1, 0.15) is 24.7 Å². The number of hydrogen-bond acceptors (Lipinski definition) is 8. The molecule has 82 heavy (non-hydrogen) atoms. The van der Waals surface area contributed by atoms with Crippen LogP contribution in [0.5, 0.6) is 0 Å². The zero-order valence-electron chi connectivity index (χ0n) is 45.1. The molecule has 12 aromatic carbocycles. The van der Waals surface area contributed by atoms with E-state index in [1.54, 1.807) is 0 Å². The van der Waals surface area contributed by atoms with Gasteiger partial charge in [0.05, 0.1) is 39.6 Å². The molecule has 12 aromatic rings. The minimum absolute atomic E-state index is 0.0577. The quantitative estimate of drug-likeness (QED) is 0.145. The van der Waals surface area contributed by atoms with Gasteiger partial charge in [0.25, 0.3) is 11.8 Å². The van der Waals surface area contributed by atoms with Crippen molar-refractivity contribution in [1.29, 1.82) is 0 Å². The molecule has 2 N–H and O–H groups in total. The molecule has 1 aliphatic heterocycles. The lowest BCUT2D eigenvalue weighted by Crippen LogP contribution is -2.35. The van der Waals surface area contributed by atoms with Crippen LogP contribution >= 0.6 is 0 Å². The van der Waals surface area contributed by atoms with Crippen LogP contribution in [0, 0.1) is 0 Å². The summed E-state index contributed by atoms with van der Waals surface area (Å²) >= 11 is 0. The monoisotopic (exact) mass is 1080 g/mol. The number of rotatable bonds is 8. The van der Waals surface area contributed by atoms with Crippen molar-refractivity contribution < 1.29 is 38.0 Å². The van der Waals surface area contributed by atoms with Crippen LogP contribution in [0.1, 0.15) is 0 Å². The molecule has 404 valence electrons. The summed E-state index contributed by atoms with van der Waals surface area (Å²) in [5.74, 6) is -0.640. The third kappa shape index (κ3) is 10.5. The molecular weight excluding hydrogens is 1020 g/mol. The molecule has 0 spiro atoms. The number of carbonyl (C=O) groups is 2. The van der Waals surface area contributed by atoms with Crippen molar-refractivity contribution >= 4 is 87.8 Å². The third-order valence-corrected chi connectivity index (χ3v) is 15.5. The number of anilines is 2. The van der Waals surface area contributed by atoms with E-state index < -0.39 is 24.0 Å². The van der Waals surface area contributed by atoms with Crippen molar-refractivity contribution in [1.82, 2.24) is 0 Å². The largest absolute Gasteiger partial charge is 0.493 e. The zero-order valence-corrected chi connectivity index (χ0v) is 45.1. The van der Waals surface area contributed by atoms with Crippen molar-refractivity contribution in [3.8, 4) is 44.5 Å². The number of nitrogens with one attached hydrogen (secondary N) is 2. The minimum Gasteiger partial charge on any atom is -0.493 e. The number of hydrogen-bond donors (Lipinski definition) is 2. The van der Waals surface area contributed by atoms with Crippen LogP contribution in [-0.4, -0.2) is 76.9 Å². The van der Waals surface area contributed by atoms with Crippen molar-refractivity contribution in [3.05, 3.63) is 231 Å². The van der Waals surface area contributed by atoms with Gasteiger partial charge in [-0.2, -0.15) is 0 Å². The highest BCUT2D eigenvalue weighted by atomic mass is 16.6. The van der Waals surface area contributed by atoms with Gasteiger partial charge in [0.2, 0.25) is 0 Å². The van der Waals surface area contributed by atoms with Gasteiger partial charge in [0.15, 0.2) is 12.2 Å². The van der Waals surface area contributed by atoms with Crippen LogP contribution in [0.4, 0.5) is 11.4 Å². The fourth-order valence-electron chi connectivity index (χ4n) is 11.5. The van der Waals surface area contributed by atoms with Crippen molar-refractivity contribution in [3.63, 3.8) is 0 Å². The molecule has 0 aliphatic carbocycles. The molecule has 2 atom stereocenters. The molecule has 1 aliphatic rings. The molecule has 10 heteroatoms. The van der Waals surface area contributed by atoms with E-state index in [-0.39, 0.29) is 64.4 Å². The maximum atomic E-state index is 13.7. The predicted molar refractivity (Wildman–Crippen MR) is 331 cm³/mol. The van der Waals surface area contributed by atoms with Gasteiger partial charge in [-0.3, -0.25) is 9.59 Å². The van der Waals surface area contributed by atoms with Gasteiger partial charge in [-0.1, -0.05) is 195 Å². The summed E-state index contributed by atoms with van der Waals surface area (Å²) in [6.07, 6.45) is -2.26. The molecule has 0 unspecified atom stereocenters. The first-order valence-electron chi connectivity index (χ1n) is 27.7. The molecule has 1 fully saturated rings. The highest BCUT2D eigenvalue weighted by Gasteiger charge is 2.27. The Bertz CT molecular complexity index is 4000. The average molecular weight is 1080 g/mol. The van der Waals surface area contributed by atoms with Gasteiger partial charge in [0, 0.05) is 11.4 Å². The fraction of sp³-hybridized carbons (Fsp3) is 0.139. The maximum absolute atomic E-state index is 13.7. The van der Waals surface area contributed by atoms with Crippen molar-refractivity contribution in [2.45, 2.75) is 12.2 Å². The molecule has 10 nitrogen and oxygen atoms in total. The van der Waals surface area contributed by atoms with Crippen LogP contribution in [-0.2, 0) is 38.0 Å². The summed E-state index contributed by atoms with van der Waals surface area (Å²) < 4.78 is 35.4. The van der Waals surface area contributed by atoms with E-state index in [2.05, 4.69) is 182 Å². The van der Waals surface area contributed by atoms with E-state index in [0.717, 1.165) is 33.4 Å². The summed E-state index contributed by atoms with van der Waals surface area (Å²) in [5, 5.41) is 21.1. The standard InChI is InChI=1S/C72H58N2O8/c1-45-69(71(75)73-59-29-21-49(22-30-59)47-9-13-51(14-10-47)61-33-25-57-19-17-53-5-3-7-55-27-35-63(61)67(57)65(53)55)81-43-39-78-38-42-80-46(2)70(82-44-40-77-37-41-79-45)72(76)74-60-31-23-50(24-32-60)48-11-15-52(16-12-48)62-34-26-58-20-18-54-6-4-8-56-28-36-64(62)68(58)66(54)56/h3-36,69-70H,1-2,37-44H2,(H,73,75)(H,74,76)/t69-,70-/m0/s1. The summed E-state index contributed by atoms with van der Waals surface area (Å²) in [6, 6.07) is 72.1. The maximum Gasteiger partial charge on any atom is 0.261 e. The minimum atomic E-state index is -1.13. The van der Waals surface area contributed by atoms with E-state index in [1.165, 1.54) is 75.8 Å². The number of ether oxygens (including phenoxy) is 6. The Morgan fingerprint density at radius 3 is 1.01 bits per heavy atom. The molecule has 2 amide bonds. The smallest absolute Gasteiger partial charge is 0.261 e. The van der Waals surface area contributed by atoms with Crippen molar-refractivity contribution in [2.75, 3.05) is 63.5 Å². The molecule has 0 aromatic heterocycles. The third-order valence-electron chi connectivity index (χ3n) is 15.5. The molecule has 1 heterocycles. The topological polar surface area (TPSA) is 114 Å². The lowest BCUT2D eigenvalue weighted by atomic mass is 9.89. The van der Waals surface area contributed by atoms with Gasteiger partial charge in [-0.05, 0) is 133 Å². The Morgan fingerprint density at radius 2 is 0.634 bits per heavy atom. The molecular formula is C72H58N2O8. The van der Waals surface area contributed by atoms with Gasteiger partial charge >= 0.3 is 0 Å². The van der Waals surface area contributed by atoms with Crippen LogP contribution in [0.15, 0.2) is 231 Å². The molecule has 13 rings (SSSR count). The summed E-state index contributed by atoms with van der Waals surface area (Å²) in [6.45, 7) is 8.96. The first-order valence-corrected chi connectivity index (χ1v) is 27.7. The second-order valence-corrected chi connectivity index (χ2v) is 20.6. The lowest BCUT2D eigenvalue weighted by Gasteiger charge is -2.22. The zero-order chi connectivity index (χ0) is 55.5. The van der Waals surface area contributed by atoms with Crippen molar-refractivity contribution in [2.24, 2.45) is 0 Å². The molecule has 0 bridgehead atoms. The van der Waals surface area contributed by atoms with Crippen LogP contribution in [0.25, 0.3) is 109 Å². The first-order chi connectivity index (χ1) is 40.3. The Kier molecular flexibility index (Phi) is 14.6. The summed E-state index contributed by atoms with van der Waals surface area (Å²) in [4.78, 5) is 27.5. The first kappa shape index (κ1) is 52.0.